The van der Waals surface area contributed by atoms with E-state index in [4.69, 9.17) is 0 Å². The average Bonchev–Trinajstić information content (AvgIpc) is 2.68. The Morgan fingerprint density at radius 1 is 0.923 bits per heavy atom. The van der Waals surface area contributed by atoms with Crippen LogP contribution >= 0.6 is 0 Å². The molecular formula is C21H21N3O2. The van der Waals surface area contributed by atoms with Crippen LogP contribution in [0.4, 0.5) is 0 Å². The SMILES string of the molecule is CN(Cc1cnc2ccccc2n1)C(=O)CCCC(=O)c1ccccc1. The van der Waals surface area contributed by atoms with Gasteiger partial charge < -0.3 is 4.90 Å². The molecule has 1 aromatic heterocycles. The van der Waals surface area contributed by atoms with E-state index in [1.165, 1.54) is 0 Å². The summed E-state index contributed by atoms with van der Waals surface area (Å²) in [6, 6.07) is 16.8. The zero-order valence-corrected chi connectivity index (χ0v) is 14.8. The largest absolute Gasteiger partial charge is 0.340 e. The molecule has 2 aromatic carbocycles. The van der Waals surface area contributed by atoms with Crippen LogP contribution in [-0.4, -0.2) is 33.6 Å². The van der Waals surface area contributed by atoms with Crippen molar-refractivity contribution in [1.29, 1.82) is 0 Å². The highest BCUT2D eigenvalue weighted by Crippen LogP contribution is 2.11. The van der Waals surface area contributed by atoms with Crippen LogP contribution in [0.2, 0.25) is 0 Å². The number of hydrogen-bond acceptors (Lipinski definition) is 4. The lowest BCUT2D eigenvalue weighted by atomic mass is 10.1. The van der Waals surface area contributed by atoms with Crippen molar-refractivity contribution in [2.45, 2.75) is 25.8 Å². The summed E-state index contributed by atoms with van der Waals surface area (Å²) >= 11 is 0. The van der Waals surface area contributed by atoms with Gasteiger partial charge in [-0.15, -0.1) is 0 Å². The number of fused-ring (bicyclic) bond motifs is 1. The average molecular weight is 347 g/mol. The van der Waals surface area contributed by atoms with E-state index in [-0.39, 0.29) is 11.7 Å². The molecule has 5 nitrogen and oxygen atoms in total. The quantitative estimate of drug-likeness (QED) is 0.612. The molecule has 0 saturated heterocycles. The number of hydrogen-bond donors (Lipinski definition) is 0. The Kier molecular flexibility index (Phi) is 5.69. The topological polar surface area (TPSA) is 63.2 Å². The van der Waals surface area contributed by atoms with Crippen molar-refractivity contribution < 1.29 is 9.59 Å². The van der Waals surface area contributed by atoms with Crippen molar-refractivity contribution in [3.63, 3.8) is 0 Å². The lowest BCUT2D eigenvalue weighted by Crippen LogP contribution is -2.26. The molecule has 0 fully saturated rings. The molecule has 132 valence electrons. The molecule has 0 aliphatic heterocycles. The third-order valence-electron chi connectivity index (χ3n) is 4.21. The molecule has 3 rings (SSSR count). The van der Waals surface area contributed by atoms with E-state index < -0.39 is 0 Å². The Hall–Kier alpha value is -3.08. The second-order valence-electron chi connectivity index (χ2n) is 6.24. The summed E-state index contributed by atoms with van der Waals surface area (Å²) in [6.07, 6.45) is 2.96. The van der Waals surface area contributed by atoms with Crippen molar-refractivity contribution in [2.75, 3.05) is 7.05 Å². The minimum atomic E-state index is 0.000760. The lowest BCUT2D eigenvalue weighted by molar-refractivity contribution is -0.130. The Labute approximate surface area is 152 Å². The predicted molar refractivity (Wildman–Crippen MR) is 101 cm³/mol. The maximum atomic E-state index is 12.3. The molecule has 0 N–H and O–H groups in total. The van der Waals surface area contributed by atoms with Gasteiger partial charge in [-0.25, -0.2) is 4.98 Å². The first-order chi connectivity index (χ1) is 12.6. The highest BCUT2D eigenvalue weighted by Gasteiger charge is 2.12. The number of para-hydroxylation sites is 2. The van der Waals surface area contributed by atoms with E-state index >= 15 is 0 Å². The molecule has 0 bridgehead atoms. The van der Waals surface area contributed by atoms with Crippen molar-refractivity contribution in [2.24, 2.45) is 0 Å². The van der Waals surface area contributed by atoms with Crippen LogP contribution in [0.25, 0.3) is 11.0 Å². The Morgan fingerprint density at radius 2 is 1.62 bits per heavy atom. The molecule has 0 spiro atoms. The van der Waals surface area contributed by atoms with Gasteiger partial charge in [0.15, 0.2) is 5.78 Å². The number of ketones is 1. The second-order valence-corrected chi connectivity index (χ2v) is 6.24. The van der Waals surface area contributed by atoms with Crippen LogP contribution in [0, 0.1) is 0 Å². The van der Waals surface area contributed by atoms with Gasteiger partial charge in [-0.2, -0.15) is 0 Å². The molecule has 0 atom stereocenters. The van der Waals surface area contributed by atoms with E-state index in [0.29, 0.717) is 31.4 Å². The number of Topliss-reactive ketones (excluding diaryl/α,β-unsaturated/α-hetero) is 1. The fraction of sp³-hybridized carbons (Fsp3) is 0.238. The molecule has 0 aliphatic carbocycles. The second kappa shape index (κ2) is 8.34. The Bertz CT molecular complexity index is 909. The molecule has 1 heterocycles. The maximum absolute atomic E-state index is 12.3. The molecule has 0 aliphatic rings. The Morgan fingerprint density at radius 3 is 2.38 bits per heavy atom. The number of carbonyl (C=O) groups is 2. The zero-order valence-electron chi connectivity index (χ0n) is 14.8. The predicted octanol–water partition coefficient (Wildman–Crippen LogP) is 3.64. The van der Waals surface area contributed by atoms with E-state index in [1.54, 1.807) is 30.3 Å². The molecule has 0 saturated carbocycles. The number of rotatable bonds is 7. The highest BCUT2D eigenvalue weighted by atomic mass is 16.2. The monoisotopic (exact) mass is 347 g/mol. The molecule has 0 radical (unpaired) electrons. The summed E-state index contributed by atoms with van der Waals surface area (Å²) in [4.78, 5) is 34.9. The molecule has 3 aromatic rings. The first kappa shape index (κ1) is 17.7. The third kappa shape index (κ3) is 4.51. The number of carbonyl (C=O) groups excluding carboxylic acids is 2. The van der Waals surface area contributed by atoms with E-state index in [1.807, 2.05) is 42.5 Å². The van der Waals surface area contributed by atoms with Gasteiger partial charge in [0.2, 0.25) is 5.91 Å². The third-order valence-corrected chi connectivity index (χ3v) is 4.21. The van der Waals surface area contributed by atoms with Crippen LogP contribution < -0.4 is 0 Å². The minimum Gasteiger partial charge on any atom is -0.340 e. The fourth-order valence-electron chi connectivity index (χ4n) is 2.76. The van der Waals surface area contributed by atoms with Crippen LogP contribution in [0.1, 0.15) is 35.3 Å². The van der Waals surface area contributed by atoms with Crippen LogP contribution in [-0.2, 0) is 11.3 Å². The number of aromatic nitrogens is 2. The Balaban J connectivity index is 1.50. The van der Waals surface area contributed by atoms with Crippen molar-refractivity contribution in [3.8, 4) is 0 Å². The smallest absolute Gasteiger partial charge is 0.222 e. The van der Waals surface area contributed by atoms with Gasteiger partial charge in [0.05, 0.1) is 29.5 Å². The van der Waals surface area contributed by atoms with Crippen LogP contribution in [0.3, 0.4) is 0 Å². The van der Waals surface area contributed by atoms with Crippen LogP contribution in [0.15, 0.2) is 60.8 Å². The van der Waals surface area contributed by atoms with Gasteiger partial charge in [-0.05, 0) is 18.6 Å². The highest BCUT2D eigenvalue weighted by molar-refractivity contribution is 5.96. The van der Waals surface area contributed by atoms with Gasteiger partial charge in [-0.1, -0.05) is 42.5 Å². The van der Waals surface area contributed by atoms with Crippen LogP contribution in [0.5, 0.6) is 0 Å². The molecule has 1 amide bonds. The van der Waals surface area contributed by atoms with E-state index in [9.17, 15) is 9.59 Å². The standard InChI is InChI=1S/C21H21N3O2/c1-24(15-17-14-22-18-10-5-6-11-19(18)23-17)21(26)13-7-12-20(25)16-8-3-2-4-9-16/h2-6,8-11,14H,7,12-13,15H2,1H3. The lowest BCUT2D eigenvalue weighted by Gasteiger charge is -2.16. The van der Waals surface area contributed by atoms with Crippen molar-refractivity contribution in [3.05, 3.63) is 72.1 Å². The summed E-state index contributed by atoms with van der Waals surface area (Å²) in [6.45, 7) is 0.406. The first-order valence-electron chi connectivity index (χ1n) is 8.66. The molecular weight excluding hydrogens is 326 g/mol. The van der Waals surface area contributed by atoms with E-state index in [2.05, 4.69) is 9.97 Å². The minimum absolute atomic E-state index is 0.000760. The normalized spacial score (nSPS) is 10.7. The van der Waals surface area contributed by atoms with Gasteiger partial charge in [0, 0.05) is 25.5 Å². The van der Waals surface area contributed by atoms with Gasteiger partial charge in [-0.3, -0.25) is 14.6 Å². The van der Waals surface area contributed by atoms with E-state index in [0.717, 1.165) is 16.7 Å². The van der Waals surface area contributed by atoms with Crippen molar-refractivity contribution in [1.82, 2.24) is 14.9 Å². The van der Waals surface area contributed by atoms with Gasteiger partial charge >= 0.3 is 0 Å². The molecule has 5 heteroatoms. The van der Waals surface area contributed by atoms with Gasteiger partial charge in [0.1, 0.15) is 0 Å². The summed E-state index contributed by atoms with van der Waals surface area (Å²) in [7, 11) is 1.75. The summed E-state index contributed by atoms with van der Waals surface area (Å²) in [5, 5.41) is 0. The summed E-state index contributed by atoms with van der Waals surface area (Å²) in [5.41, 5.74) is 3.10. The number of benzene rings is 2. The summed E-state index contributed by atoms with van der Waals surface area (Å²) in [5.74, 6) is 0.0715. The number of amides is 1. The zero-order chi connectivity index (χ0) is 18.4. The molecule has 26 heavy (non-hydrogen) atoms. The summed E-state index contributed by atoms with van der Waals surface area (Å²) < 4.78 is 0. The fourth-order valence-corrected chi connectivity index (χ4v) is 2.76. The van der Waals surface area contributed by atoms with Gasteiger partial charge in [0.25, 0.3) is 0 Å². The van der Waals surface area contributed by atoms with Crippen molar-refractivity contribution >= 4 is 22.7 Å². The molecule has 0 unspecified atom stereocenters. The maximum Gasteiger partial charge on any atom is 0.222 e. The first-order valence-corrected chi connectivity index (χ1v) is 8.66. The number of nitrogens with zero attached hydrogens (tertiary/aromatic N) is 3.